The summed E-state index contributed by atoms with van der Waals surface area (Å²) in [6, 6.07) is 11.3. The van der Waals surface area contributed by atoms with Crippen LogP contribution in [0.1, 0.15) is 30.1 Å². The third-order valence-electron chi connectivity index (χ3n) is 5.90. The summed E-state index contributed by atoms with van der Waals surface area (Å²) in [4.78, 5) is 25.6. The average molecular weight is 408 g/mol. The van der Waals surface area contributed by atoms with Gasteiger partial charge in [0.2, 0.25) is 0 Å². The van der Waals surface area contributed by atoms with Gasteiger partial charge in [0.15, 0.2) is 5.82 Å². The molecule has 2 aromatic carbocycles. The second-order valence-corrected chi connectivity index (χ2v) is 7.69. The Morgan fingerprint density at radius 2 is 1.83 bits per heavy atom. The van der Waals surface area contributed by atoms with Crippen LogP contribution < -0.4 is 4.90 Å². The van der Waals surface area contributed by atoms with E-state index in [2.05, 4.69) is 16.7 Å². The fourth-order valence-corrected chi connectivity index (χ4v) is 4.02. The third-order valence-corrected chi connectivity index (χ3v) is 5.90. The van der Waals surface area contributed by atoms with Crippen LogP contribution in [-0.4, -0.2) is 58.7 Å². The van der Waals surface area contributed by atoms with Crippen LogP contribution in [0.2, 0.25) is 0 Å². The number of rotatable bonds is 5. The predicted octanol–water partition coefficient (Wildman–Crippen LogP) is 4.05. The van der Waals surface area contributed by atoms with Crippen LogP contribution in [0.15, 0.2) is 42.5 Å². The van der Waals surface area contributed by atoms with Gasteiger partial charge in [0, 0.05) is 31.7 Å². The van der Waals surface area contributed by atoms with E-state index in [1.165, 1.54) is 18.2 Å². The lowest BCUT2D eigenvalue weighted by molar-refractivity contribution is 0.0697. The minimum atomic E-state index is -0.997. The van der Waals surface area contributed by atoms with Crippen molar-refractivity contribution < 1.29 is 14.3 Å². The first-order chi connectivity index (χ1) is 14.5. The highest BCUT2D eigenvalue weighted by Crippen LogP contribution is 2.32. The van der Waals surface area contributed by atoms with Crippen LogP contribution in [0, 0.1) is 5.82 Å². The van der Waals surface area contributed by atoms with Crippen LogP contribution >= 0.6 is 0 Å². The molecule has 1 aromatic heterocycles. The zero-order valence-electron chi connectivity index (χ0n) is 17.2. The molecular weight excluding hydrogens is 383 g/mol. The number of fused-ring (bicyclic) bond motifs is 1. The molecule has 0 saturated carbocycles. The molecule has 0 atom stereocenters. The number of carboxylic acids is 1. The summed E-state index contributed by atoms with van der Waals surface area (Å²) in [7, 11) is 2.01. The molecule has 4 rings (SSSR count). The molecule has 1 saturated heterocycles. The van der Waals surface area contributed by atoms with Crippen molar-refractivity contribution in [3.8, 4) is 11.3 Å². The summed E-state index contributed by atoms with van der Waals surface area (Å²) in [5, 5.41) is 9.33. The maximum atomic E-state index is 13.5. The van der Waals surface area contributed by atoms with Crippen molar-refractivity contribution in [3.63, 3.8) is 0 Å². The van der Waals surface area contributed by atoms with Gasteiger partial charge in [0.25, 0.3) is 0 Å². The highest BCUT2D eigenvalue weighted by atomic mass is 19.1. The number of carboxylic acid groups (broad SMARTS) is 1. The lowest BCUT2D eigenvalue weighted by atomic mass is 10.0. The molecule has 1 fully saturated rings. The first-order valence-corrected chi connectivity index (χ1v) is 10.2. The summed E-state index contributed by atoms with van der Waals surface area (Å²) in [5.74, 6) is -0.616. The molecule has 0 unspecified atom stereocenters. The van der Waals surface area contributed by atoms with Crippen molar-refractivity contribution >= 4 is 22.8 Å². The second kappa shape index (κ2) is 8.36. The Hall–Kier alpha value is -3.06. The van der Waals surface area contributed by atoms with Crippen LogP contribution in [0.4, 0.5) is 10.2 Å². The van der Waals surface area contributed by atoms with Gasteiger partial charge in [-0.1, -0.05) is 6.92 Å². The molecule has 1 N–H and O–H groups in total. The van der Waals surface area contributed by atoms with Crippen LogP contribution in [-0.2, 0) is 0 Å². The van der Waals surface area contributed by atoms with Gasteiger partial charge >= 0.3 is 5.97 Å². The summed E-state index contributed by atoms with van der Waals surface area (Å²) >= 11 is 0. The number of aromatic carboxylic acids is 1. The number of hydrogen-bond donors (Lipinski definition) is 1. The largest absolute Gasteiger partial charge is 0.478 e. The maximum absolute atomic E-state index is 13.5. The van der Waals surface area contributed by atoms with Crippen LogP contribution in [0.3, 0.4) is 0 Å². The van der Waals surface area contributed by atoms with Gasteiger partial charge in [0.05, 0.1) is 16.6 Å². The average Bonchev–Trinajstić information content (AvgIpc) is 2.78. The molecule has 1 aliphatic heterocycles. The SMILES string of the molecule is CCN1CCC(N(C)c2nc3cc(C(=O)O)ccc3nc2-c2ccc(F)cc2)CC1. The number of piperidine rings is 1. The topological polar surface area (TPSA) is 69.6 Å². The first kappa shape index (κ1) is 20.2. The molecule has 156 valence electrons. The van der Waals surface area contributed by atoms with E-state index in [1.54, 1.807) is 24.3 Å². The van der Waals surface area contributed by atoms with Crippen molar-refractivity contribution in [2.24, 2.45) is 0 Å². The summed E-state index contributed by atoms with van der Waals surface area (Å²) in [5.41, 5.74) is 2.77. The monoisotopic (exact) mass is 408 g/mol. The van der Waals surface area contributed by atoms with E-state index in [0.717, 1.165) is 38.0 Å². The normalized spacial score (nSPS) is 15.4. The van der Waals surface area contributed by atoms with Gasteiger partial charge in [-0.2, -0.15) is 0 Å². The molecular formula is C23H25FN4O2. The second-order valence-electron chi connectivity index (χ2n) is 7.69. The molecule has 1 aliphatic rings. The zero-order valence-corrected chi connectivity index (χ0v) is 17.2. The number of aromatic nitrogens is 2. The van der Waals surface area contributed by atoms with Crippen molar-refractivity contribution in [1.29, 1.82) is 0 Å². The highest BCUT2D eigenvalue weighted by molar-refractivity contribution is 5.93. The highest BCUT2D eigenvalue weighted by Gasteiger charge is 2.25. The Balaban J connectivity index is 1.80. The number of halogens is 1. The number of likely N-dealkylation sites (tertiary alicyclic amines) is 1. The summed E-state index contributed by atoms with van der Waals surface area (Å²) in [6.45, 7) is 5.28. The van der Waals surface area contributed by atoms with E-state index in [9.17, 15) is 14.3 Å². The van der Waals surface area contributed by atoms with Gasteiger partial charge in [-0.25, -0.2) is 19.2 Å². The zero-order chi connectivity index (χ0) is 21.3. The lowest BCUT2D eigenvalue weighted by Gasteiger charge is -2.37. The number of carbonyl (C=O) groups is 1. The van der Waals surface area contributed by atoms with Crippen LogP contribution in [0.5, 0.6) is 0 Å². The van der Waals surface area contributed by atoms with Crippen molar-refractivity contribution in [2.45, 2.75) is 25.8 Å². The molecule has 0 amide bonds. The van der Waals surface area contributed by atoms with E-state index < -0.39 is 5.97 Å². The van der Waals surface area contributed by atoms with E-state index in [-0.39, 0.29) is 11.4 Å². The van der Waals surface area contributed by atoms with Crippen molar-refractivity contribution in [1.82, 2.24) is 14.9 Å². The number of nitrogens with zero attached hydrogens (tertiary/aromatic N) is 4. The fraction of sp³-hybridized carbons (Fsp3) is 0.348. The maximum Gasteiger partial charge on any atom is 0.335 e. The molecule has 0 radical (unpaired) electrons. The minimum absolute atomic E-state index is 0.177. The Morgan fingerprint density at radius 1 is 1.13 bits per heavy atom. The smallest absolute Gasteiger partial charge is 0.335 e. The van der Waals surface area contributed by atoms with Gasteiger partial charge in [-0.05, 0) is 61.9 Å². The summed E-state index contributed by atoms with van der Waals surface area (Å²) < 4.78 is 13.5. The molecule has 0 bridgehead atoms. The quantitative estimate of drug-likeness (QED) is 0.687. The molecule has 6 nitrogen and oxygen atoms in total. The molecule has 0 spiro atoms. The Bertz CT molecular complexity index is 1060. The third kappa shape index (κ3) is 3.98. The first-order valence-electron chi connectivity index (χ1n) is 10.2. The lowest BCUT2D eigenvalue weighted by Crippen LogP contribution is -2.43. The minimum Gasteiger partial charge on any atom is -0.478 e. The van der Waals surface area contributed by atoms with E-state index in [4.69, 9.17) is 9.97 Å². The van der Waals surface area contributed by atoms with Crippen molar-refractivity contribution in [2.75, 3.05) is 31.6 Å². The number of hydrogen-bond acceptors (Lipinski definition) is 5. The fourth-order valence-electron chi connectivity index (χ4n) is 4.02. The van der Waals surface area contributed by atoms with E-state index >= 15 is 0 Å². The van der Waals surface area contributed by atoms with Crippen molar-refractivity contribution in [3.05, 3.63) is 53.8 Å². The van der Waals surface area contributed by atoms with Crippen LogP contribution in [0.25, 0.3) is 22.3 Å². The molecule has 3 aromatic rings. The summed E-state index contributed by atoms with van der Waals surface area (Å²) in [6.07, 6.45) is 2.03. The predicted molar refractivity (Wildman–Crippen MR) is 115 cm³/mol. The molecule has 30 heavy (non-hydrogen) atoms. The Labute approximate surface area is 175 Å². The Morgan fingerprint density at radius 3 is 2.47 bits per heavy atom. The Kier molecular flexibility index (Phi) is 5.63. The van der Waals surface area contributed by atoms with E-state index in [1.807, 2.05) is 7.05 Å². The van der Waals surface area contributed by atoms with Gasteiger partial charge < -0.3 is 14.9 Å². The number of anilines is 1. The number of benzene rings is 2. The van der Waals surface area contributed by atoms with Gasteiger partial charge in [-0.15, -0.1) is 0 Å². The van der Waals surface area contributed by atoms with E-state index in [0.29, 0.717) is 28.6 Å². The van der Waals surface area contributed by atoms with Gasteiger partial charge in [0.1, 0.15) is 11.5 Å². The van der Waals surface area contributed by atoms with Gasteiger partial charge in [-0.3, -0.25) is 0 Å². The molecule has 2 heterocycles. The molecule has 7 heteroatoms. The standard InChI is InChI=1S/C23H25FN4O2/c1-3-28-12-10-18(11-13-28)27(2)22-21(15-4-7-17(24)8-5-15)25-19-9-6-16(23(29)30)14-20(19)26-22/h4-9,14,18H,3,10-13H2,1-2H3,(H,29,30). The molecule has 0 aliphatic carbocycles.